The lowest BCUT2D eigenvalue weighted by atomic mass is 10.2. The smallest absolute Gasteiger partial charge is 0.272 e. The number of rotatable bonds is 7. The predicted molar refractivity (Wildman–Crippen MR) is 104 cm³/mol. The minimum absolute atomic E-state index is 0.414. The lowest BCUT2D eigenvalue weighted by Crippen LogP contribution is -2.45. The van der Waals surface area contributed by atoms with Gasteiger partial charge >= 0.3 is 0 Å². The van der Waals surface area contributed by atoms with Crippen molar-refractivity contribution >= 4 is 5.96 Å². The first-order valence-corrected chi connectivity index (χ1v) is 9.85. The van der Waals surface area contributed by atoms with E-state index in [0.717, 1.165) is 37.1 Å². The molecule has 0 amide bonds. The largest absolute Gasteiger partial charge is 0.488 e. The van der Waals surface area contributed by atoms with E-state index in [-0.39, 0.29) is 0 Å². The topological polar surface area (TPSA) is 48.9 Å². The Bertz CT molecular complexity index is 620. The number of likely N-dealkylation sites (tertiary alicyclic amines) is 1. The minimum Gasteiger partial charge on any atom is -0.488 e. The Kier molecular flexibility index (Phi) is 7.26. The first-order valence-electron chi connectivity index (χ1n) is 9.85. The number of nitrogens with zero attached hydrogens (tertiary/aromatic N) is 2. The summed E-state index contributed by atoms with van der Waals surface area (Å²) in [5.74, 6) is 1.23. The van der Waals surface area contributed by atoms with E-state index in [0.29, 0.717) is 18.3 Å². The molecule has 2 N–H and O–H groups in total. The van der Waals surface area contributed by atoms with Crippen LogP contribution in [0.3, 0.4) is 0 Å². The molecule has 0 spiro atoms. The van der Waals surface area contributed by atoms with Gasteiger partial charge in [-0.15, -0.1) is 0 Å². The molecule has 0 radical (unpaired) electrons. The first kappa shape index (κ1) is 19.9. The van der Waals surface area contributed by atoms with Crippen molar-refractivity contribution < 1.29 is 13.5 Å². The summed E-state index contributed by atoms with van der Waals surface area (Å²) in [5, 5.41) is 6.82. The Morgan fingerprint density at radius 1 is 1.30 bits per heavy atom. The van der Waals surface area contributed by atoms with Crippen LogP contribution in [0, 0.1) is 0 Å². The molecule has 1 aromatic rings. The Labute approximate surface area is 160 Å². The van der Waals surface area contributed by atoms with Gasteiger partial charge in [-0.05, 0) is 37.0 Å². The molecule has 1 unspecified atom stereocenters. The molecule has 1 aliphatic carbocycles. The molecule has 5 nitrogen and oxygen atoms in total. The number of ether oxygens (including phenoxy) is 1. The van der Waals surface area contributed by atoms with Crippen LogP contribution < -0.4 is 15.4 Å². The van der Waals surface area contributed by atoms with Crippen LogP contribution in [0.1, 0.15) is 37.7 Å². The molecule has 0 bridgehead atoms. The highest BCUT2D eigenvalue weighted by molar-refractivity contribution is 5.80. The third kappa shape index (κ3) is 6.06. The number of aliphatic imine (C=N–C) groups is 1. The summed E-state index contributed by atoms with van der Waals surface area (Å²) in [6, 6.07) is 8.40. The zero-order valence-corrected chi connectivity index (χ0v) is 16.0. The second kappa shape index (κ2) is 9.88. The fourth-order valence-corrected chi connectivity index (χ4v) is 3.98. The molecule has 1 saturated heterocycles. The van der Waals surface area contributed by atoms with Crippen LogP contribution >= 0.6 is 0 Å². The molecular weight excluding hydrogens is 350 g/mol. The zero-order chi connectivity index (χ0) is 19.1. The molecular formula is C20H30F2N4O. The van der Waals surface area contributed by atoms with Crippen LogP contribution in [-0.4, -0.2) is 56.1 Å². The summed E-state index contributed by atoms with van der Waals surface area (Å²) in [4.78, 5) is 6.93. The Morgan fingerprint density at radius 2 is 2.11 bits per heavy atom. The van der Waals surface area contributed by atoms with Crippen molar-refractivity contribution in [1.29, 1.82) is 0 Å². The van der Waals surface area contributed by atoms with Crippen molar-refractivity contribution in [2.45, 2.75) is 57.2 Å². The molecule has 1 aromatic carbocycles. The van der Waals surface area contributed by atoms with Gasteiger partial charge in [0, 0.05) is 38.8 Å². The van der Waals surface area contributed by atoms with Gasteiger partial charge in [0.1, 0.15) is 12.4 Å². The second-order valence-electron chi connectivity index (χ2n) is 7.34. The Morgan fingerprint density at radius 3 is 2.85 bits per heavy atom. The van der Waals surface area contributed by atoms with Crippen LogP contribution in [0.15, 0.2) is 29.3 Å². The molecule has 1 saturated carbocycles. The quantitative estimate of drug-likeness (QED) is 0.564. The molecule has 2 fully saturated rings. The second-order valence-corrected chi connectivity index (χ2v) is 7.34. The number of nitrogens with one attached hydrogen (secondary N) is 2. The van der Waals surface area contributed by atoms with Crippen molar-refractivity contribution in [3.8, 4) is 5.75 Å². The van der Waals surface area contributed by atoms with Gasteiger partial charge < -0.3 is 15.4 Å². The highest BCUT2D eigenvalue weighted by Gasteiger charge is 2.30. The van der Waals surface area contributed by atoms with Crippen LogP contribution in [0.5, 0.6) is 5.75 Å². The van der Waals surface area contributed by atoms with Gasteiger partial charge in [-0.3, -0.25) is 9.89 Å². The maximum atomic E-state index is 12.3. The molecule has 0 aromatic heterocycles. The molecule has 27 heavy (non-hydrogen) atoms. The highest BCUT2D eigenvalue weighted by Crippen LogP contribution is 2.26. The van der Waals surface area contributed by atoms with Gasteiger partial charge in [0.05, 0.1) is 0 Å². The average molecular weight is 380 g/mol. The van der Waals surface area contributed by atoms with Gasteiger partial charge in [-0.2, -0.15) is 0 Å². The normalized spacial score (nSPS) is 21.8. The van der Waals surface area contributed by atoms with E-state index >= 15 is 0 Å². The average Bonchev–Trinajstić information content (AvgIpc) is 3.35. The summed E-state index contributed by atoms with van der Waals surface area (Å²) in [7, 11) is 1.77. The van der Waals surface area contributed by atoms with E-state index in [9.17, 15) is 8.78 Å². The number of benzene rings is 1. The van der Waals surface area contributed by atoms with E-state index in [1.807, 2.05) is 12.1 Å². The van der Waals surface area contributed by atoms with Gasteiger partial charge in [-0.1, -0.05) is 25.0 Å². The summed E-state index contributed by atoms with van der Waals surface area (Å²) in [5.41, 5.74) is 0.962. The van der Waals surface area contributed by atoms with Crippen molar-refractivity contribution in [1.82, 2.24) is 15.5 Å². The number of alkyl halides is 2. The fraction of sp³-hybridized carbons (Fsp3) is 0.650. The fourth-order valence-electron chi connectivity index (χ4n) is 3.98. The van der Waals surface area contributed by atoms with Crippen molar-refractivity contribution in [3.63, 3.8) is 0 Å². The van der Waals surface area contributed by atoms with Crippen LogP contribution in [-0.2, 0) is 6.54 Å². The SMILES string of the molecule is CN=C(NCc1cccc(OCC(F)F)c1)NC1CCN(C2CCCC2)C1. The lowest BCUT2D eigenvalue weighted by Gasteiger charge is -2.24. The third-order valence-corrected chi connectivity index (χ3v) is 5.36. The number of guanidine groups is 1. The third-order valence-electron chi connectivity index (χ3n) is 5.36. The van der Waals surface area contributed by atoms with E-state index in [1.165, 1.54) is 25.7 Å². The summed E-state index contributed by atoms with van der Waals surface area (Å²) >= 11 is 0. The highest BCUT2D eigenvalue weighted by atomic mass is 19.3. The number of halogens is 2. The predicted octanol–water partition coefficient (Wildman–Crippen LogP) is 3.01. The standard InChI is InChI=1S/C20H30F2N4O/c1-23-20(25-16-9-10-26(13-16)17-6-2-3-7-17)24-12-15-5-4-8-18(11-15)27-14-19(21)22/h4-5,8,11,16-17,19H,2-3,6-7,9-10,12-14H2,1H3,(H2,23,24,25). The van der Waals surface area contributed by atoms with Gasteiger partial charge in [0.25, 0.3) is 6.43 Å². The maximum Gasteiger partial charge on any atom is 0.272 e. The molecule has 3 rings (SSSR count). The van der Waals surface area contributed by atoms with Gasteiger partial charge in [-0.25, -0.2) is 8.78 Å². The zero-order valence-electron chi connectivity index (χ0n) is 16.0. The summed E-state index contributed by atoms with van der Waals surface area (Å²) in [6.45, 7) is 2.20. The van der Waals surface area contributed by atoms with Crippen LogP contribution in [0.2, 0.25) is 0 Å². The summed E-state index contributed by atoms with van der Waals surface area (Å²) in [6.07, 6.45) is 4.07. The first-order chi connectivity index (χ1) is 13.1. The van der Waals surface area contributed by atoms with Gasteiger partial charge in [0.2, 0.25) is 0 Å². The monoisotopic (exact) mass is 380 g/mol. The van der Waals surface area contributed by atoms with Crippen LogP contribution in [0.4, 0.5) is 8.78 Å². The number of hydrogen-bond acceptors (Lipinski definition) is 3. The Hall–Kier alpha value is -1.89. The van der Waals surface area contributed by atoms with E-state index in [2.05, 4.69) is 20.5 Å². The molecule has 2 aliphatic rings. The summed E-state index contributed by atoms with van der Waals surface area (Å²) < 4.78 is 29.6. The molecule has 1 atom stereocenters. The van der Waals surface area contributed by atoms with Crippen molar-refractivity contribution in [2.24, 2.45) is 4.99 Å². The Balaban J connectivity index is 1.45. The molecule has 150 valence electrons. The van der Waals surface area contributed by atoms with E-state index < -0.39 is 13.0 Å². The van der Waals surface area contributed by atoms with Crippen molar-refractivity contribution in [3.05, 3.63) is 29.8 Å². The molecule has 7 heteroatoms. The minimum atomic E-state index is -2.47. The molecule has 1 heterocycles. The van der Waals surface area contributed by atoms with E-state index in [4.69, 9.17) is 4.74 Å². The maximum absolute atomic E-state index is 12.3. The van der Waals surface area contributed by atoms with E-state index in [1.54, 1.807) is 19.2 Å². The van der Waals surface area contributed by atoms with Crippen LogP contribution in [0.25, 0.3) is 0 Å². The molecule has 1 aliphatic heterocycles. The van der Waals surface area contributed by atoms with Crippen molar-refractivity contribution in [2.75, 3.05) is 26.7 Å². The lowest BCUT2D eigenvalue weighted by molar-refractivity contribution is 0.0818. The van der Waals surface area contributed by atoms with Gasteiger partial charge in [0.15, 0.2) is 5.96 Å². The number of hydrogen-bond donors (Lipinski definition) is 2.